The molecular weight excluding hydrogens is 402 g/mol. The number of fused-ring (bicyclic) bond motifs is 1. The summed E-state index contributed by atoms with van der Waals surface area (Å²) >= 11 is 1.62. The molecule has 1 atom stereocenters. The molecule has 0 saturated carbocycles. The number of hydrogen-bond acceptors (Lipinski definition) is 4. The molecule has 0 spiro atoms. The normalized spacial score (nSPS) is 17.4. The van der Waals surface area contributed by atoms with Gasteiger partial charge in [0.2, 0.25) is 0 Å². The molecule has 4 nitrogen and oxygen atoms in total. The Kier molecular flexibility index (Phi) is 5.53. The van der Waals surface area contributed by atoms with Crippen LogP contribution in [-0.2, 0) is 0 Å². The number of rotatable bonds is 4. The minimum absolute atomic E-state index is 0.0824. The van der Waals surface area contributed by atoms with E-state index in [0.717, 1.165) is 16.6 Å². The number of hydrogen-bond donors (Lipinski definition) is 0. The molecule has 31 heavy (non-hydrogen) atoms. The highest BCUT2D eigenvalue weighted by Gasteiger charge is 2.33. The lowest BCUT2D eigenvalue weighted by molar-refractivity contribution is 0.0430. The molecule has 4 aromatic rings. The van der Waals surface area contributed by atoms with Crippen LogP contribution in [0.3, 0.4) is 0 Å². The summed E-state index contributed by atoms with van der Waals surface area (Å²) < 4.78 is 1.06. The molecule has 156 valence electrons. The Balaban J connectivity index is 1.41. The highest BCUT2D eigenvalue weighted by atomic mass is 32.1. The Hall–Kier alpha value is -3.02. The van der Waals surface area contributed by atoms with Crippen molar-refractivity contribution in [2.45, 2.75) is 19.0 Å². The third-order valence-corrected chi connectivity index (χ3v) is 6.99. The van der Waals surface area contributed by atoms with Crippen LogP contribution in [0.4, 0.5) is 0 Å². The van der Waals surface area contributed by atoms with Gasteiger partial charge in [0, 0.05) is 43.5 Å². The maximum Gasteiger partial charge on any atom is 0.256 e. The van der Waals surface area contributed by atoms with Gasteiger partial charge in [0.15, 0.2) is 0 Å². The summed E-state index contributed by atoms with van der Waals surface area (Å²) in [6.07, 6.45) is 3.55. The minimum atomic E-state index is 0.0824. The van der Waals surface area contributed by atoms with Crippen molar-refractivity contribution in [2.75, 3.05) is 19.6 Å². The Morgan fingerprint density at radius 3 is 2.29 bits per heavy atom. The number of amides is 1. The summed E-state index contributed by atoms with van der Waals surface area (Å²) in [5.74, 6) is 0.0824. The largest absolute Gasteiger partial charge is 0.336 e. The zero-order valence-corrected chi connectivity index (χ0v) is 18.3. The molecule has 0 aliphatic carbocycles. The molecule has 0 N–H and O–H groups in total. The zero-order chi connectivity index (χ0) is 21.2. The first-order valence-corrected chi connectivity index (χ1v) is 11.6. The second-order valence-corrected chi connectivity index (χ2v) is 9.03. The second-order valence-electron chi connectivity index (χ2n) is 8.08. The number of aromatic nitrogens is 1. The van der Waals surface area contributed by atoms with Gasteiger partial charge in [0.1, 0.15) is 0 Å². The second kappa shape index (κ2) is 8.61. The van der Waals surface area contributed by atoms with Gasteiger partial charge in [-0.25, -0.2) is 0 Å². The average Bonchev–Trinajstić information content (AvgIpc) is 3.30. The van der Waals surface area contributed by atoms with Crippen molar-refractivity contribution in [2.24, 2.45) is 0 Å². The monoisotopic (exact) mass is 427 g/mol. The van der Waals surface area contributed by atoms with Crippen molar-refractivity contribution < 1.29 is 4.79 Å². The number of carbonyl (C=O) groups excluding carboxylic acids is 1. The van der Waals surface area contributed by atoms with E-state index in [1.807, 2.05) is 22.5 Å². The summed E-state index contributed by atoms with van der Waals surface area (Å²) in [5, 5.41) is 3.03. The van der Waals surface area contributed by atoms with Crippen LogP contribution in [0.1, 0.15) is 34.5 Å². The molecule has 1 amide bonds. The summed E-state index contributed by atoms with van der Waals surface area (Å²) in [5.41, 5.74) is 3.28. The SMILES string of the molecule is C[C@H]1CN(C(=O)c2cncc3sccc23)CCN1C(c1ccccc1)c1ccccc1. The number of benzene rings is 2. The van der Waals surface area contributed by atoms with E-state index in [1.54, 1.807) is 17.5 Å². The first-order valence-electron chi connectivity index (χ1n) is 10.7. The van der Waals surface area contributed by atoms with Crippen LogP contribution in [0.25, 0.3) is 10.1 Å². The number of carbonyl (C=O) groups is 1. The van der Waals surface area contributed by atoms with E-state index < -0.39 is 0 Å². The van der Waals surface area contributed by atoms with Crippen molar-refractivity contribution >= 4 is 27.3 Å². The van der Waals surface area contributed by atoms with E-state index in [4.69, 9.17) is 0 Å². The molecule has 2 aromatic carbocycles. The van der Waals surface area contributed by atoms with Crippen LogP contribution in [0.2, 0.25) is 0 Å². The quantitative estimate of drug-likeness (QED) is 0.447. The highest BCUT2D eigenvalue weighted by molar-refractivity contribution is 7.17. The van der Waals surface area contributed by atoms with E-state index in [1.165, 1.54) is 11.1 Å². The van der Waals surface area contributed by atoms with Crippen LogP contribution in [0, 0.1) is 0 Å². The van der Waals surface area contributed by atoms with E-state index >= 15 is 0 Å². The molecule has 1 aliphatic heterocycles. The summed E-state index contributed by atoms with van der Waals surface area (Å²) in [6.45, 7) is 4.46. The Morgan fingerprint density at radius 1 is 0.968 bits per heavy atom. The van der Waals surface area contributed by atoms with E-state index in [-0.39, 0.29) is 18.0 Å². The topological polar surface area (TPSA) is 36.4 Å². The molecule has 3 heterocycles. The Bertz CT molecular complexity index is 1140. The van der Waals surface area contributed by atoms with Crippen LogP contribution >= 0.6 is 11.3 Å². The standard InChI is InChI=1S/C26H25N3OS/c1-19-18-28(26(30)23-16-27-17-24-22(23)12-15-31-24)13-14-29(19)25(20-8-4-2-5-9-20)21-10-6-3-7-11-21/h2-12,15-17,19,25H,13-14,18H2,1H3/t19-/m0/s1. The average molecular weight is 428 g/mol. The van der Waals surface area contributed by atoms with Gasteiger partial charge < -0.3 is 4.90 Å². The van der Waals surface area contributed by atoms with Gasteiger partial charge in [-0.05, 0) is 29.5 Å². The lowest BCUT2D eigenvalue weighted by Gasteiger charge is -2.44. The third-order valence-electron chi connectivity index (χ3n) is 6.14. The smallest absolute Gasteiger partial charge is 0.256 e. The first-order chi connectivity index (χ1) is 15.2. The fraction of sp³-hybridized carbons (Fsp3) is 0.231. The van der Waals surface area contributed by atoms with Crippen LogP contribution < -0.4 is 0 Å². The van der Waals surface area contributed by atoms with Crippen molar-refractivity contribution in [3.8, 4) is 0 Å². The van der Waals surface area contributed by atoms with Crippen molar-refractivity contribution in [3.63, 3.8) is 0 Å². The molecule has 0 unspecified atom stereocenters. The fourth-order valence-corrected chi connectivity index (χ4v) is 5.40. The maximum absolute atomic E-state index is 13.3. The molecule has 5 rings (SSSR count). The zero-order valence-electron chi connectivity index (χ0n) is 17.5. The molecule has 1 saturated heterocycles. The van der Waals surface area contributed by atoms with Crippen LogP contribution in [0.15, 0.2) is 84.5 Å². The van der Waals surface area contributed by atoms with E-state index in [9.17, 15) is 4.79 Å². The summed E-state index contributed by atoms with van der Waals surface area (Å²) in [6, 6.07) is 23.8. The molecule has 1 aliphatic rings. The minimum Gasteiger partial charge on any atom is -0.336 e. The van der Waals surface area contributed by atoms with E-state index in [0.29, 0.717) is 18.7 Å². The van der Waals surface area contributed by atoms with Gasteiger partial charge in [-0.2, -0.15) is 0 Å². The van der Waals surface area contributed by atoms with Crippen molar-refractivity contribution in [3.05, 3.63) is 101 Å². The lowest BCUT2D eigenvalue weighted by atomic mass is 9.94. The van der Waals surface area contributed by atoms with E-state index in [2.05, 4.69) is 77.5 Å². The number of thiophene rings is 1. The molecule has 5 heteroatoms. The molecule has 0 bridgehead atoms. The van der Waals surface area contributed by atoms with Gasteiger partial charge in [0.25, 0.3) is 5.91 Å². The Labute approximate surface area is 186 Å². The molecule has 1 fully saturated rings. The fourth-order valence-electron chi connectivity index (χ4n) is 4.62. The van der Waals surface area contributed by atoms with Gasteiger partial charge in [-0.1, -0.05) is 60.7 Å². The highest BCUT2D eigenvalue weighted by Crippen LogP contribution is 2.32. The van der Waals surface area contributed by atoms with Gasteiger partial charge in [0.05, 0.1) is 16.3 Å². The van der Waals surface area contributed by atoms with Gasteiger partial charge in [-0.3, -0.25) is 14.7 Å². The van der Waals surface area contributed by atoms with Crippen molar-refractivity contribution in [1.29, 1.82) is 0 Å². The molecular formula is C26H25N3OS. The number of pyridine rings is 1. The van der Waals surface area contributed by atoms with Crippen LogP contribution in [-0.4, -0.2) is 46.4 Å². The third kappa shape index (κ3) is 3.87. The van der Waals surface area contributed by atoms with Crippen molar-refractivity contribution in [1.82, 2.24) is 14.8 Å². The Morgan fingerprint density at radius 2 is 1.65 bits per heavy atom. The summed E-state index contributed by atoms with van der Waals surface area (Å²) in [4.78, 5) is 22.2. The lowest BCUT2D eigenvalue weighted by Crippen LogP contribution is -2.54. The van der Waals surface area contributed by atoms with Gasteiger partial charge in [-0.15, -0.1) is 11.3 Å². The molecule has 0 radical (unpaired) electrons. The molecule has 2 aromatic heterocycles. The predicted molar refractivity (Wildman–Crippen MR) is 126 cm³/mol. The number of nitrogens with zero attached hydrogens (tertiary/aromatic N) is 3. The number of piperazine rings is 1. The predicted octanol–water partition coefficient (Wildman–Crippen LogP) is 5.23. The van der Waals surface area contributed by atoms with Gasteiger partial charge >= 0.3 is 0 Å². The van der Waals surface area contributed by atoms with Crippen LogP contribution in [0.5, 0.6) is 0 Å². The first kappa shape index (κ1) is 19.9. The maximum atomic E-state index is 13.3. The summed E-state index contributed by atoms with van der Waals surface area (Å²) in [7, 11) is 0.